The minimum atomic E-state index is -4.54. The Hall–Kier alpha value is -1.14. The van der Waals surface area contributed by atoms with E-state index in [1.807, 2.05) is 24.3 Å². The normalized spacial score (nSPS) is 23.8. The van der Waals surface area contributed by atoms with Gasteiger partial charge in [0.1, 0.15) is 0 Å². The number of rotatable bonds is 5. The van der Waals surface area contributed by atoms with Crippen LogP contribution in [0, 0.1) is 5.92 Å². The van der Waals surface area contributed by atoms with Crippen LogP contribution in [0.2, 0.25) is 5.02 Å². The second-order valence-electron chi connectivity index (χ2n) is 6.69. The number of nitrogens with zero attached hydrogens (tertiary/aromatic N) is 1. The van der Waals surface area contributed by atoms with E-state index in [1.165, 1.54) is 0 Å². The molecule has 1 aliphatic heterocycles. The molecule has 0 aromatic heterocycles. The van der Waals surface area contributed by atoms with Crippen LogP contribution in [0.3, 0.4) is 0 Å². The van der Waals surface area contributed by atoms with E-state index in [0.29, 0.717) is 18.1 Å². The van der Waals surface area contributed by atoms with Crippen LogP contribution in [0.4, 0.5) is 3.89 Å². The van der Waals surface area contributed by atoms with Crippen molar-refractivity contribution in [3.8, 4) is 0 Å². The smallest absolute Gasteiger partial charge is 0.302 e. The highest BCUT2D eigenvalue weighted by Gasteiger charge is 2.43. The van der Waals surface area contributed by atoms with Crippen molar-refractivity contribution in [1.29, 1.82) is 0 Å². The molecule has 126 valence electrons. The Labute approximate surface area is 140 Å². The molecule has 0 N–H and O–H groups in total. The van der Waals surface area contributed by atoms with Crippen molar-refractivity contribution >= 4 is 27.7 Å². The minimum absolute atomic E-state index is 0.0796. The van der Waals surface area contributed by atoms with Crippen LogP contribution in [0.25, 0.3) is 0 Å². The zero-order valence-electron chi connectivity index (χ0n) is 12.7. The zero-order chi connectivity index (χ0) is 16.7. The summed E-state index contributed by atoms with van der Waals surface area (Å²) in [4.78, 5) is 13.9. The fraction of sp³-hybridized carbons (Fsp3) is 0.562. The van der Waals surface area contributed by atoms with Gasteiger partial charge < -0.3 is 4.90 Å². The van der Waals surface area contributed by atoms with Gasteiger partial charge in [0, 0.05) is 35.9 Å². The van der Waals surface area contributed by atoms with Gasteiger partial charge in [-0.25, -0.2) is 0 Å². The van der Waals surface area contributed by atoms with Gasteiger partial charge in [-0.05, 0) is 30.5 Å². The molecule has 1 saturated carbocycles. The van der Waals surface area contributed by atoms with Crippen LogP contribution in [0.15, 0.2) is 24.3 Å². The Kier molecular flexibility index (Phi) is 4.40. The SMILES string of the molecule is O=C1CC(CS(=O)(=O)F)CN1CC1(c2ccc(Cl)cc2)CCC1. The molecule has 2 fully saturated rings. The highest BCUT2D eigenvalue weighted by Crippen LogP contribution is 2.45. The number of hydrogen-bond acceptors (Lipinski definition) is 3. The van der Waals surface area contributed by atoms with E-state index in [1.54, 1.807) is 4.90 Å². The van der Waals surface area contributed by atoms with Crippen molar-refractivity contribution in [3.63, 3.8) is 0 Å². The van der Waals surface area contributed by atoms with Crippen molar-refractivity contribution < 1.29 is 17.1 Å². The molecule has 1 aliphatic carbocycles. The second kappa shape index (κ2) is 6.06. The van der Waals surface area contributed by atoms with Crippen LogP contribution in [-0.2, 0) is 20.4 Å². The first-order valence-electron chi connectivity index (χ1n) is 7.74. The lowest BCUT2D eigenvalue weighted by molar-refractivity contribution is -0.129. The number of amides is 1. The molecule has 0 spiro atoms. The molecule has 7 heteroatoms. The number of benzene rings is 1. The quantitative estimate of drug-likeness (QED) is 0.759. The molecule has 1 heterocycles. The summed E-state index contributed by atoms with van der Waals surface area (Å²) in [7, 11) is -4.54. The number of carbonyl (C=O) groups is 1. The number of likely N-dealkylation sites (tertiary alicyclic amines) is 1. The predicted molar refractivity (Wildman–Crippen MR) is 86.6 cm³/mol. The molecular formula is C16H19ClFNO3S. The standard InChI is InChI=1S/C16H19ClFNO3S/c17-14-4-2-13(3-5-14)16(6-1-7-16)11-19-9-12(8-15(19)20)10-23(18,21)22/h2-5,12H,1,6-11H2. The zero-order valence-corrected chi connectivity index (χ0v) is 14.2. The van der Waals surface area contributed by atoms with Crippen LogP contribution in [0.5, 0.6) is 0 Å². The summed E-state index contributed by atoms with van der Waals surface area (Å²) in [6, 6.07) is 7.68. The molecule has 1 aromatic carbocycles. The molecule has 1 aromatic rings. The predicted octanol–water partition coefficient (Wildman–Crippen LogP) is 2.91. The third-order valence-corrected chi connectivity index (χ3v) is 6.11. The molecule has 2 aliphatic rings. The largest absolute Gasteiger partial charge is 0.341 e. The lowest BCUT2D eigenvalue weighted by Crippen LogP contribution is -2.46. The van der Waals surface area contributed by atoms with Crippen molar-refractivity contribution in [2.24, 2.45) is 5.92 Å². The summed E-state index contributed by atoms with van der Waals surface area (Å²) in [5.41, 5.74) is 1.08. The van der Waals surface area contributed by atoms with Crippen LogP contribution >= 0.6 is 11.6 Å². The third kappa shape index (κ3) is 3.69. The summed E-state index contributed by atoms with van der Waals surface area (Å²) in [5, 5.41) is 0.675. The van der Waals surface area contributed by atoms with E-state index in [4.69, 9.17) is 11.6 Å². The Morgan fingerprint density at radius 2 is 1.91 bits per heavy atom. The van der Waals surface area contributed by atoms with Gasteiger partial charge in [0.15, 0.2) is 0 Å². The molecule has 1 unspecified atom stereocenters. The van der Waals surface area contributed by atoms with E-state index >= 15 is 0 Å². The molecule has 3 rings (SSSR count). The maximum absolute atomic E-state index is 12.8. The van der Waals surface area contributed by atoms with Crippen molar-refractivity contribution in [1.82, 2.24) is 4.90 Å². The lowest BCUT2D eigenvalue weighted by Gasteiger charge is -2.45. The summed E-state index contributed by atoms with van der Waals surface area (Å²) in [6.07, 6.45) is 3.20. The highest BCUT2D eigenvalue weighted by atomic mass is 35.5. The number of halogens is 2. The van der Waals surface area contributed by atoms with Gasteiger partial charge in [-0.1, -0.05) is 30.2 Å². The maximum atomic E-state index is 12.8. The van der Waals surface area contributed by atoms with Gasteiger partial charge in [-0.3, -0.25) is 4.79 Å². The lowest BCUT2D eigenvalue weighted by atomic mass is 9.64. The van der Waals surface area contributed by atoms with Gasteiger partial charge in [0.05, 0.1) is 5.75 Å². The van der Waals surface area contributed by atoms with Gasteiger partial charge >= 0.3 is 10.2 Å². The first-order chi connectivity index (χ1) is 10.8. The number of hydrogen-bond donors (Lipinski definition) is 0. The Balaban J connectivity index is 1.72. The molecule has 23 heavy (non-hydrogen) atoms. The van der Waals surface area contributed by atoms with E-state index < -0.39 is 21.9 Å². The number of carbonyl (C=O) groups excluding carboxylic acids is 1. The summed E-state index contributed by atoms with van der Waals surface area (Å²) in [5.74, 6) is -1.10. The van der Waals surface area contributed by atoms with E-state index in [9.17, 15) is 17.1 Å². The molecule has 1 amide bonds. The van der Waals surface area contributed by atoms with E-state index in [2.05, 4.69) is 0 Å². The van der Waals surface area contributed by atoms with Crippen molar-refractivity contribution in [2.75, 3.05) is 18.8 Å². The molecule has 0 bridgehead atoms. The third-order valence-electron chi connectivity index (χ3n) is 4.99. The minimum Gasteiger partial charge on any atom is -0.341 e. The molecule has 0 radical (unpaired) electrons. The maximum Gasteiger partial charge on any atom is 0.302 e. The topological polar surface area (TPSA) is 54.5 Å². The van der Waals surface area contributed by atoms with Crippen LogP contribution in [-0.4, -0.2) is 38.1 Å². The van der Waals surface area contributed by atoms with Crippen LogP contribution in [0.1, 0.15) is 31.2 Å². The Morgan fingerprint density at radius 1 is 1.26 bits per heavy atom. The average Bonchev–Trinajstić information content (AvgIpc) is 2.72. The van der Waals surface area contributed by atoms with Crippen molar-refractivity contribution in [3.05, 3.63) is 34.9 Å². The average molecular weight is 360 g/mol. The van der Waals surface area contributed by atoms with Gasteiger partial charge in [-0.2, -0.15) is 8.42 Å². The van der Waals surface area contributed by atoms with E-state index in [-0.39, 0.29) is 17.7 Å². The summed E-state index contributed by atoms with van der Waals surface area (Å²) >= 11 is 5.94. The Bertz CT molecular complexity index is 701. The second-order valence-corrected chi connectivity index (χ2v) is 8.54. The highest BCUT2D eigenvalue weighted by molar-refractivity contribution is 7.86. The molecule has 1 atom stereocenters. The first-order valence-corrected chi connectivity index (χ1v) is 9.67. The first kappa shape index (κ1) is 16.7. The van der Waals surface area contributed by atoms with E-state index in [0.717, 1.165) is 24.8 Å². The molecule has 1 saturated heterocycles. The van der Waals surface area contributed by atoms with Gasteiger partial charge in [-0.15, -0.1) is 3.89 Å². The fourth-order valence-corrected chi connectivity index (χ4v) is 4.62. The summed E-state index contributed by atoms with van der Waals surface area (Å²) in [6.45, 7) is 0.883. The van der Waals surface area contributed by atoms with Gasteiger partial charge in [0.25, 0.3) is 0 Å². The molecular weight excluding hydrogens is 341 g/mol. The van der Waals surface area contributed by atoms with Crippen LogP contribution < -0.4 is 0 Å². The van der Waals surface area contributed by atoms with Gasteiger partial charge in [0.2, 0.25) is 5.91 Å². The summed E-state index contributed by atoms with van der Waals surface area (Å²) < 4.78 is 34.4. The monoisotopic (exact) mass is 359 g/mol. The molecule has 4 nitrogen and oxygen atoms in total. The van der Waals surface area contributed by atoms with Crippen molar-refractivity contribution in [2.45, 2.75) is 31.1 Å². The Morgan fingerprint density at radius 3 is 2.43 bits per heavy atom. The fourth-order valence-electron chi connectivity index (χ4n) is 3.71.